The summed E-state index contributed by atoms with van der Waals surface area (Å²) in [5.41, 5.74) is 0.979. The molecule has 5 heteroatoms. The predicted octanol–water partition coefficient (Wildman–Crippen LogP) is 2.06. The molecule has 0 aromatic heterocycles. The van der Waals surface area contributed by atoms with Crippen molar-refractivity contribution in [2.24, 2.45) is 11.8 Å². The lowest BCUT2D eigenvalue weighted by molar-refractivity contribution is -0.140. The van der Waals surface area contributed by atoms with Gasteiger partial charge in [-0.1, -0.05) is 25.0 Å². The molecule has 1 aliphatic heterocycles. The number of carbonyl (C=O) groups is 3. The van der Waals surface area contributed by atoms with Gasteiger partial charge in [-0.2, -0.15) is 0 Å². The maximum atomic E-state index is 12.3. The van der Waals surface area contributed by atoms with E-state index in [1.54, 1.807) is 12.1 Å². The number of carbonyl (C=O) groups excluding carboxylic acids is 2. The summed E-state index contributed by atoms with van der Waals surface area (Å²) in [6.07, 6.45) is 3.65. The molecule has 5 nitrogen and oxygen atoms in total. The van der Waals surface area contributed by atoms with Gasteiger partial charge in [0.1, 0.15) is 0 Å². The Bertz CT molecular complexity index is 569. The summed E-state index contributed by atoms with van der Waals surface area (Å²) in [6, 6.07) is 6.31. The van der Waals surface area contributed by atoms with Crippen LogP contribution in [0.5, 0.6) is 0 Å². The highest BCUT2D eigenvalue weighted by Crippen LogP contribution is 2.38. The van der Waals surface area contributed by atoms with Crippen molar-refractivity contribution in [3.05, 3.63) is 35.4 Å². The fraction of sp³-hybridized carbons (Fsp3) is 0.438. The third-order valence-corrected chi connectivity index (χ3v) is 4.47. The topological polar surface area (TPSA) is 74.7 Å². The summed E-state index contributed by atoms with van der Waals surface area (Å²) < 4.78 is 0. The summed E-state index contributed by atoms with van der Waals surface area (Å²) in [5.74, 6) is -1.38. The van der Waals surface area contributed by atoms with Gasteiger partial charge in [-0.3, -0.25) is 14.5 Å². The molecule has 1 saturated heterocycles. The average molecular weight is 287 g/mol. The average Bonchev–Trinajstić information content (AvgIpc) is 2.73. The predicted molar refractivity (Wildman–Crippen MR) is 74.4 cm³/mol. The summed E-state index contributed by atoms with van der Waals surface area (Å²) in [5, 5.41) is 8.87. The highest BCUT2D eigenvalue weighted by Gasteiger charge is 2.47. The van der Waals surface area contributed by atoms with Crippen LogP contribution in [-0.4, -0.2) is 27.8 Å². The Labute approximate surface area is 122 Å². The molecule has 0 radical (unpaired) electrons. The molecule has 110 valence electrons. The zero-order valence-electron chi connectivity index (χ0n) is 11.6. The molecule has 1 saturated carbocycles. The fourth-order valence-corrected chi connectivity index (χ4v) is 3.32. The second-order valence-corrected chi connectivity index (χ2v) is 5.76. The van der Waals surface area contributed by atoms with E-state index in [0.717, 1.165) is 31.2 Å². The van der Waals surface area contributed by atoms with Gasteiger partial charge in [-0.15, -0.1) is 0 Å². The van der Waals surface area contributed by atoms with Crippen LogP contribution < -0.4 is 0 Å². The minimum Gasteiger partial charge on any atom is -0.478 e. The summed E-state index contributed by atoms with van der Waals surface area (Å²) in [4.78, 5) is 36.8. The van der Waals surface area contributed by atoms with Crippen LogP contribution in [0.4, 0.5) is 0 Å². The molecular formula is C16H17NO4. The smallest absolute Gasteiger partial charge is 0.335 e. The minimum absolute atomic E-state index is 0.0630. The van der Waals surface area contributed by atoms with Crippen molar-refractivity contribution < 1.29 is 19.5 Å². The van der Waals surface area contributed by atoms with Crippen molar-refractivity contribution in [2.75, 3.05) is 0 Å². The van der Waals surface area contributed by atoms with Gasteiger partial charge in [0.05, 0.1) is 23.9 Å². The first-order chi connectivity index (χ1) is 10.1. The molecule has 0 unspecified atom stereocenters. The lowest BCUT2D eigenvalue weighted by Crippen LogP contribution is -2.30. The van der Waals surface area contributed by atoms with E-state index in [-0.39, 0.29) is 35.8 Å². The van der Waals surface area contributed by atoms with Crippen molar-refractivity contribution in [1.82, 2.24) is 4.90 Å². The largest absolute Gasteiger partial charge is 0.478 e. The first-order valence-electron chi connectivity index (χ1n) is 7.25. The molecule has 2 amide bonds. The van der Waals surface area contributed by atoms with E-state index >= 15 is 0 Å². The molecular weight excluding hydrogens is 270 g/mol. The van der Waals surface area contributed by atoms with Crippen LogP contribution in [0, 0.1) is 11.8 Å². The van der Waals surface area contributed by atoms with Crippen LogP contribution in [0.25, 0.3) is 0 Å². The number of aromatic carboxylic acids is 1. The molecule has 21 heavy (non-hydrogen) atoms. The quantitative estimate of drug-likeness (QED) is 0.863. The molecule has 0 bridgehead atoms. The van der Waals surface area contributed by atoms with Gasteiger partial charge >= 0.3 is 5.97 Å². The molecule has 1 aliphatic carbocycles. The molecule has 1 heterocycles. The Balaban J connectivity index is 1.76. The first kappa shape index (κ1) is 13.8. The third kappa shape index (κ3) is 2.44. The van der Waals surface area contributed by atoms with Gasteiger partial charge in [0.2, 0.25) is 11.8 Å². The normalized spacial score (nSPS) is 25.0. The van der Waals surface area contributed by atoms with E-state index in [4.69, 9.17) is 5.11 Å². The SMILES string of the molecule is O=C(O)c1ccc(CN2C(=O)[C@@H]3CCCC[C@H]3C2=O)cc1. The number of imide groups is 1. The van der Waals surface area contributed by atoms with Crippen molar-refractivity contribution in [3.63, 3.8) is 0 Å². The number of carboxylic acid groups (broad SMARTS) is 1. The summed E-state index contributed by atoms with van der Waals surface area (Å²) in [6.45, 7) is 0.241. The minimum atomic E-state index is -0.985. The lowest BCUT2D eigenvalue weighted by atomic mass is 9.81. The van der Waals surface area contributed by atoms with E-state index in [1.165, 1.54) is 17.0 Å². The molecule has 2 aliphatic rings. The number of likely N-dealkylation sites (tertiary alicyclic amines) is 1. The Morgan fingerprint density at radius 2 is 1.57 bits per heavy atom. The van der Waals surface area contributed by atoms with Crippen molar-refractivity contribution in [1.29, 1.82) is 0 Å². The van der Waals surface area contributed by atoms with Crippen LogP contribution >= 0.6 is 0 Å². The van der Waals surface area contributed by atoms with Gasteiger partial charge in [0, 0.05) is 0 Å². The van der Waals surface area contributed by atoms with Crippen molar-refractivity contribution >= 4 is 17.8 Å². The standard InChI is InChI=1S/C16H17NO4/c18-14-12-3-1-2-4-13(12)15(19)17(14)9-10-5-7-11(8-6-10)16(20)21/h5-8,12-13H,1-4,9H2,(H,20,21)/t12-,13-/m1/s1. The van der Waals surface area contributed by atoms with Crippen LogP contribution in [0.1, 0.15) is 41.6 Å². The molecule has 1 aromatic carbocycles. The number of amides is 2. The van der Waals surface area contributed by atoms with E-state index in [1.807, 2.05) is 0 Å². The number of nitrogens with zero attached hydrogens (tertiary/aromatic N) is 1. The number of carboxylic acids is 1. The highest BCUT2D eigenvalue weighted by molar-refractivity contribution is 6.05. The lowest BCUT2D eigenvalue weighted by Gasteiger charge is -2.19. The molecule has 1 aromatic rings. The van der Waals surface area contributed by atoms with Crippen molar-refractivity contribution in [3.8, 4) is 0 Å². The Morgan fingerprint density at radius 1 is 1.05 bits per heavy atom. The van der Waals surface area contributed by atoms with Crippen LogP contribution in [-0.2, 0) is 16.1 Å². The highest BCUT2D eigenvalue weighted by atomic mass is 16.4. The van der Waals surface area contributed by atoms with Gasteiger partial charge < -0.3 is 5.11 Å². The number of rotatable bonds is 3. The number of fused-ring (bicyclic) bond motifs is 1. The second-order valence-electron chi connectivity index (χ2n) is 5.76. The maximum Gasteiger partial charge on any atom is 0.335 e. The monoisotopic (exact) mass is 287 g/mol. The fourth-order valence-electron chi connectivity index (χ4n) is 3.32. The third-order valence-electron chi connectivity index (χ3n) is 4.47. The van der Waals surface area contributed by atoms with Crippen LogP contribution in [0.3, 0.4) is 0 Å². The van der Waals surface area contributed by atoms with Crippen molar-refractivity contribution in [2.45, 2.75) is 32.2 Å². The molecule has 0 spiro atoms. The van der Waals surface area contributed by atoms with Crippen LogP contribution in [0.2, 0.25) is 0 Å². The zero-order chi connectivity index (χ0) is 15.0. The maximum absolute atomic E-state index is 12.3. The van der Waals surface area contributed by atoms with Crippen LogP contribution in [0.15, 0.2) is 24.3 Å². The first-order valence-corrected chi connectivity index (χ1v) is 7.25. The zero-order valence-corrected chi connectivity index (χ0v) is 11.6. The summed E-state index contributed by atoms with van der Waals surface area (Å²) in [7, 11) is 0. The second kappa shape index (κ2) is 5.31. The Kier molecular flexibility index (Phi) is 3.49. The van der Waals surface area contributed by atoms with Gasteiger partial charge in [0.25, 0.3) is 0 Å². The molecule has 2 fully saturated rings. The molecule has 3 rings (SSSR count). The number of benzene rings is 1. The van der Waals surface area contributed by atoms with Gasteiger partial charge in [-0.25, -0.2) is 4.79 Å². The van der Waals surface area contributed by atoms with Gasteiger partial charge in [0.15, 0.2) is 0 Å². The van der Waals surface area contributed by atoms with E-state index in [0.29, 0.717) is 0 Å². The molecule has 1 N–H and O–H groups in total. The Hall–Kier alpha value is -2.17. The molecule has 2 atom stereocenters. The van der Waals surface area contributed by atoms with E-state index in [9.17, 15) is 14.4 Å². The number of hydrogen-bond acceptors (Lipinski definition) is 3. The van der Waals surface area contributed by atoms with E-state index in [2.05, 4.69) is 0 Å². The summed E-state index contributed by atoms with van der Waals surface area (Å²) >= 11 is 0. The number of hydrogen-bond donors (Lipinski definition) is 1. The Morgan fingerprint density at radius 3 is 2.05 bits per heavy atom. The van der Waals surface area contributed by atoms with E-state index < -0.39 is 5.97 Å². The van der Waals surface area contributed by atoms with Gasteiger partial charge in [-0.05, 0) is 30.5 Å².